The van der Waals surface area contributed by atoms with Crippen molar-refractivity contribution in [3.63, 3.8) is 0 Å². The van der Waals surface area contributed by atoms with E-state index < -0.39 is 37.2 Å². The van der Waals surface area contributed by atoms with Gasteiger partial charge in [-0.2, -0.15) is 0 Å². The molecule has 1 aliphatic rings. The Morgan fingerprint density at radius 2 is 1.75 bits per heavy atom. The molecule has 72 valence electrons. The summed E-state index contributed by atoms with van der Waals surface area (Å²) in [5.41, 5.74) is 10.8. The van der Waals surface area contributed by atoms with Gasteiger partial charge in [0.2, 0.25) is 0 Å². The van der Waals surface area contributed by atoms with Gasteiger partial charge in [0, 0.05) is 0 Å². The summed E-state index contributed by atoms with van der Waals surface area (Å²) in [4.78, 5) is 0. The zero-order chi connectivity index (χ0) is 9.30. The maximum absolute atomic E-state index is 9.32. The maximum atomic E-state index is 9.32. The average molecular weight is 178 g/mol. The molecule has 12 heavy (non-hydrogen) atoms. The number of hydrogen-bond acceptors (Lipinski definition) is 6. The van der Waals surface area contributed by atoms with Gasteiger partial charge >= 0.3 is 0 Å². The van der Waals surface area contributed by atoms with Crippen molar-refractivity contribution in [3.05, 3.63) is 0 Å². The van der Waals surface area contributed by atoms with Gasteiger partial charge in [0.15, 0.2) is 6.29 Å². The number of nitrogens with two attached hydrogens (primary N) is 2. The molecular weight excluding hydrogens is 164 g/mol. The first-order chi connectivity index (χ1) is 5.57. The highest BCUT2D eigenvalue weighted by Gasteiger charge is 2.40. The Morgan fingerprint density at radius 3 is 2.25 bits per heavy atom. The minimum Gasteiger partial charge on any atom is -0.394 e. The lowest BCUT2D eigenvalue weighted by Crippen LogP contribution is -2.65. The Bertz CT molecular complexity index is 152. The first kappa shape index (κ1) is 9.85. The van der Waals surface area contributed by atoms with E-state index in [2.05, 4.69) is 0 Å². The Kier molecular flexibility index (Phi) is 2.99. The van der Waals surface area contributed by atoms with Crippen LogP contribution in [0.4, 0.5) is 0 Å². The SMILES string of the molecule is NC1[C@H](O)OC(CO)[C@@H](O)[C@H]1N. The summed E-state index contributed by atoms with van der Waals surface area (Å²) in [6.45, 7) is -0.390. The molecule has 7 N–H and O–H groups in total. The second-order valence-corrected chi connectivity index (χ2v) is 2.89. The van der Waals surface area contributed by atoms with E-state index in [-0.39, 0.29) is 0 Å². The number of hydrogen-bond donors (Lipinski definition) is 5. The monoisotopic (exact) mass is 178 g/mol. The molecule has 0 radical (unpaired) electrons. The minimum atomic E-state index is -1.22. The summed E-state index contributed by atoms with van der Waals surface area (Å²) in [6, 6.07) is -1.59. The number of aliphatic hydroxyl groups excluding tert-OH is 3. The summed E-state index contributed by atoms with van der Waals surface area (Å²) in [7, 11) is 0. The van der Waals surface area contributed by atoms with Crippen LogP contribution in [0.25, 0.3) is 0 Å². The molecule has 5 atom stereocenters. The Hall–Kier alpha value is -0.240. The summed E-state index contributed by atoms with van der Waals surface area (Å²) >= 11 is 0. The van der Waals surface area contributed by atoms with Crippen molar-refractivity contribution in [2.75, 3.05) is 6.61 Å². The van der Waals surface area contributed by atoms with Crippen molar-refractivity contribution in [3.8, 4) is 0 Å². The molecule has 2 unspecified atom stereocenters. The van der Waals surface area contributed by atoms with Crippen molar-refractivity contribution in [1.82, 2.24) is 0 Å². The van der Waals surface area contributed by atoms with E-state index in [4.69, 9.17) is 26.4 Å². The molecule has 6 nitrogen and oxygen atoms in total. The molecule has 0 aromatic heterocycles. The smallest absolute Gasteiger partial charge is 0.171 e. The lowest BCUT2D eigenvalue weighted by Gasteiger charge is -2.38. The van der Waals surface area contributed by atoms with Gasteiger partial charge in [-0.1, -0.05) is 0 Å². The fourth-order valence-electron chi connectivity index (χ4n) is 1.17. The fraction of sp³-hybridized carbons (Fsp3) is 1.00. The predicted octanol–water partition coefficient (Wildman–Crippen LogP) is -3.29. The van der Waals surface area contributed by atoms with Gasteiger partial charge in [-0.3, -0.25) is 0 Å². The largest absolute Gasteiger partial charge is 0.394 e. The molecule has 0 saturated carbocycles. The number of aliphatic hydroxyl groups is 3. The van der Waals surface area contributed by atoms with E-state index in [0.29, 0.717) is 0 Å². The van der Waals surface area contributed by atoms with Crippen molar-refractivity contribution in [1.29, 1.82) is 0 Å². The van der Waals surface area contributed by atoms with Crippen molar-refractivity contribution < 1.29 is 20.1 Å². The van der Waals surface area contributed by atoms with Crippen molar-refractivity contribution in [2.45, 2.75) is 30.6 Å². The van der Waals surface area contributed by atoms with Gasteiger partial charge in [-0.25, -0.2) is 0 Å². The highest BCUT2D eigenvalue weighted by molar-refractivity contribution is 4.93. The predicted molar refractivity (Wildman–Crippen MR) is 39.9 cm³/mol. The Labute approximate surface area is 69.7 Å². The van der Waals surface area contributed by atoms with E-state index in [1.54, 1.807) is 0 Å². The lowest BCUT2D eigenvalue weighted by atomic mass is 9.96. The molecular formula is C6H14N2O4. The molecule has 1 aliphatic heterocycles. The van der Waals surface area contributed by atoms with Crippen LogP contribution in [0.2, 0.25) is 0 Å². The van der Waals surface area contributed by atoms with Crippen LogP contribution in [0, 0.1) is 0 Å². The molecule has 0 aromatic rings. The molecule has 6 heteroatoms. The van der Waals surface area contributed by atoms with Crippen LogP contribution in [0.1, 0.15) is 0 Å². The van der Waals surface area contributed by atoms with E-state index in [1.165, 1.54) is 0 Å². The first-order valence-corrected chi connectivity index (χ1v) is 3.71. The summed E-state index contributed by atoms with van der Waals surface area (Å²) in [5, 5.41) is 27.1. The fourth-order valence-corrected chi connectivity index (χ4v) is 1.17. The van der Waals surface area contributed by atoms with Crippen LogP contribution < -0.4 is 11.5 Å². The molecule has 1 rings (SSSR count). The van der Waals surface area contributed by atoms with E-state index in [9.17, 15) is 5.11 Å². The van der Waals surface area contributed by atoms with E-state index in [1.807, 2.05) is 0 Å². The minimum absolute atomic E-state index is 0.390. The first-order valence-electron chi connectivity index (χ1n) is 3.71. The normalized spacial score (nSPS) is 49.2. The molecule has 1 saturated heterocycles. The molecule has 1 heterocycles. The summed E-state index contributed by atoms with van der Waals surface area (Å²) in [6.07, 6.45) is -3.11. The molecule has 0 aromatic carbocycles. The van der Waals surface area contributed by atoms with Crippen LogP contribution in [-0.4, -0.2) is 52.5 Å². The van der Waals surface area contributed by atoms with Gasteiger partial charge in [0.1, 0.15) is 6.10 Å². The third kappa shape index (κ3) is 1.58. The summed E-state index contributed by atoms with van der Waals surface area (Å²) < 4.78 is 4.78. The highest BCUT2D eigenvalue weighted by atomic mass is 16.6. The summed E-state index contributed by atoms with van der Waals surface area (Å²) in [5.74, 6) is 0. The van der Waals surface area contributed by atoms with Crippen LogP contribution in [-0.2, 0) is 4.74 Å². The molecule has 0 aliphatic carbocycles. The third-order valence-corrected chi connectivity index (χ3v) is 2.04. The molecule has 0 amide bonds. The van der Waals surface area contributed by atoms with Crippen LogP contribution >= 0.6 is 0 Å². The molecule has 1 fully saturated rings. The highest BCUT2D eigenvalue weighted by Crippen LogP contribution is 2.16. The number of rotatable bonds is 1. The van der Waals surface area contributed by atoms with E-state index >= 15 is 0 Å². The Morgan fingerprint density at radius 1 is 1.17 bits per heavy atom. The molecule has 0 spiro atoms. The van der Waals surface area contributed by atoms with Crippen LogP contribution in [0.5, 0.6) is 0 Å². The van der Waals surface area contributed by atoms with Crippen molar-refractivity contribution >= 4 is 0 Å². The standard InChI is InChI=1S/C6H14N2O4/c7-3-4(8)6(11)12-2(1-9)5(3)10/h2-6,9-11H,1,7-8H2/t2?,3-,4?,5+,6+/m0/s1. The lowest BCUT2D eigenvalue weighted by molar-refractivity contribution is -0.221. The van der Waals surface area contributed by atoms with Gasteiger partial charge in [-0.15, -0.1) is 0 Å². The van der Waals surface area contributed by atoms with Crippen LogP contribution in [0.15, 0.2) is 0 Å². The van der Waals surface area contributed by atoms with Gasteiger partial charge < -0.3 is 31.5 Å². The second kappa shape index (κ2) is 3.65. The molecule has 0 bridgehead atoms. The van der Waals surface area contributed by atoms with Gasteiger partial charge in [0.25, 0.3) is 0 Å². The average Bonchev–Trinajstić information content (AvgIpc) is 2.08. The topological polar surface area (TPSA) is 122 Å². The van der Waals surface area contributed by atoms with Gasteiger partial charge in [-0.05, 0) is 0 Å². The quantitative estimate of drug-likeness (QED) is 0.287. The zero-order valence-corrected chi connectivity index (χ0v) is 6.50. The Balaban J connectivity index is 2.63. The number of ether oxygens (including phenoxy) is 1. The maximum Gasteiger partial charge on any atom is 0.171 e. The zero-order valence-electron chi connectivity index (χ0n) is 6.50. The van der Waals surface area contributed by atoms with Gasteiger partial charge in [0.05, 0.1) is 24.8 Å². The van der Waals surface area contributed by atoms with Crippen LogP contribution in [0.3, 0.4) is 0 Å². The second-order valence-electron chi connectivity index (χ2n) is 2.89. The van der Waals surface area contributed by atoms with E-state index in [0.717, 1.165) is 0 Å². The van der Waals surface area contributed by atoms with Crippen molar-refractivity contribution in [2.24, 2.45) is 11.5 Å². The third-order valence-electron chi connectivity index (χ3n) is 2.04.